The number of amides is 3. The fourth-order valence-electron chi connectivity index (χ4n) is 2.22. The van der Waals surface area contributed by atoms with Crippen LogP contribution in [0.1, 0.15) is 25.7 Å². The molecule has 2 rings (SSSR count). The normalized spacial score (nSPS) is 21.3. The molecule has 0 spiro atoms. The topological polar surface area (TPSA) is 66.5 Å². The Morgan fingerprint density at radius 1 is 1.35 bits per heavy atom. The van der Waals surface area contributed by atoms with Gasteiger partial charge in [0.05, 0.1) is 5.75 Å². The maximum absolute atomic E-state index is 11.7. The lowest BCUT2D eigenvalue weighted by Crippen LogP contribution is -2.39. The van der Waals surface area contributed by atoms with Crippen molar-refractivity contribution in [2.24, 2.45) is 5.92 Å². The van der Waals surface area contributed by atoms with Crippen molar-refractivity contribution in [3.05, 3.63) is 0 Å². The lowest BCUT2D eigenvalue weighted by atomic mass is 10.1. The highest BCUT2D eigenvalue weighted by Crippen LogP contribution is 2.24. The second-order valence-electron chi connectivity index (χ2n) is 4.37. The third-order valence-electron chi connectivity index (χ3n) is 3.20. The average molecular weight is 256 g/mol. The van der Waals surface area contributed by atoms with E-state index in [0.717, 1.165) is 37.4 Å². The molecule has 94 valence electrons. The predicted molar refractivity (Wildman–Crippen MR) is 64.5 cm³/mol. The van der Waals surface area contributed by atoms with Crippen LogP contribution in [0.2, 0.25) is 0 Å². The third-order valence-corrected chi connectivity index (χ3v) is 4.06. The smallest absolute Gasteiger partial charge is 0.288 e. The number of hydrogen-bond donors (Lipinski definition) is 1. The Morgan fingerprint density at radius 3 is 2.65 bits per heavy atom. The van der Waals surface area contributed by atoms with Crippen LogP contribution in [0.5, 0.6) is 0 Å². The van der Waals surface area contributed by atoms with Crippen LogP contribution in [0.4, 0.5) is 4.79 Å². The zero-order chi connectivity index (χ0) is 12.3. The quantitative estimate of drug-likeness (QED) is 0.814. The molecular formula is C11H16N2O3S. The lowest BCUT2D eigenvalue weighted by molar-refractivity contribution is -0.127. The second-order valence-corrected chi connectivity index (χ2v) is 5.30. The fourth-order valence-corrected chi connectivity index (χ4v) is 2.97. The summed E-state index contributed by atoms with van der Waals surface area (Å²) < 4.78 is 0. The number of rotatable bonds is 4. The van der Waals surface area contributed by atoms with E-state index >= 15 is 0 Å². The monoisotopic (exact) mass is 256 g/mol. The molecule has 2 aliphatic rings. The van der Waals surface area contributed by atoms with E-state index in [1.54, 1.807) is 0 Å². The Balaban J connectivity index is 1.70. The van der Waals surface area contributed by atoms with Gasteiger partial charge in [-0.1, -0.05) is 24.6 Å². The van der Waals surface area contributed by atoms with Crippen molar-refractivity contribution in [2.75, 3.05) is 18.8 Å². The van der Waals surface area contributed by atoms with Crippen LogP contribution < -0.4 is 5.32 Å². The van der Waals surface area contributed by atoms with Gasteiger partial charge in [0.2, 0.25) is 11.8 Å². The molecule has 0 aromatic rings. The zero-order valence-corrected chi connectivity index (χ0v) is 10.4. The fraction of sp³-hybridized carbons (Fsp3) is 0.727. The van der Waals surface area contributed by atoms with Gasteiger partial charge in [-0.15, -0.1) is 0 Å². The molecule has 1 saturated heterocycles. The number of imide groups is 1. The van der Waals surface area contributed by atoms with Gasteiger partial charge in [0.15, 0.2) is 0 Å². The minimum absolute atomic E-state index is 0.0641. The lowest BCUT2D eigenvalue weighted by Gasteiger charge is -2.14. The highest BCUT2D eigenvalue weighted by atomic mass is 32.2. The first-order valence-electron chi connectivity index (χ1n) is 5.93. The molecule has 1 heterocycles. The molecule has 17 heavy (non-hydrogen) atoms. The number of carbonyl (C=O) groups excluding carboxylic acids is 3. The van der Waals surface area contributed by atoms with Crippen molar-refractivity contribution in [2.45, 2.75) is 25.7 Å². The van der Waals surface area contributed by atoms with Crippen LogP contribution in [0.25, 0.3) is 0 Å². The Hall–Kier alpha value is -1.04. The van der Waals surface area contributed by atoms with Gasteiger partial charge < -0.3 is 5.32 Å². The van der Waals surface area contributed by atoms with Crippen molar-refractivity contribution in [1.82, 2.24) is 10.2 Å². The first-order chi connectivity index (χ1) is 8.18. The molecule has 1 saturated carbocycles. The van der Waals surface area contributed by atoms with Gasteiger partial charge in [0, 0.05) is 19.0 Å². The van der Waals surface area contributed by atoms with Crippen LogP contribution in [0.3, 0.4) is 0 Å². The molecule has 0 bridgehead atoms. The molecule has 0 atom stereocenters. The first kappa shape index (κ1) is 12.4. The molecule has 0 radical (unpaired) electrons. The zero-order valence-electron chi connectivity index (χ0n) is 9.61. The molecule has 1 aliphatic heterocycles. The predicted octanol–water partition coefficient (Wildman–Crippen LogP) is 0.988. The number of hydrogen-bond acceptors (Lipinski definition) is 4. The van der Waals surface area contributed by atoms with Crippen LogP contribution in [-0.2, 0) is 9.59 Å². The van der Waals surface area contributed by atoms with Gasteiger partial charge in [-0.3, -0.25) is 19.3 Å². The van der Waals surface area contributed by atoms with E-state index in [-0.39, 0.29) is 28.7 Å². The maximum atomic E-state index is 11.7. The van der Waals surface area contributed by atoms with Crippen LogP contribution in [-0.4, -0.2) is 40.8 Å². The van der Waals surface area contributed by atoms with Crippen molar-refractivity contribution in [3.8, 4) is 0 Å². The molecule has 0 aromatic heterocycles. The molecule has 1 N–H and O–H groups in total. The summed E-state index contributed by atoms with van der Waals surface area (Å²) in [6, 6.07) is 0. The van der Waals surface area contributed by atoms with Crippen molar-refractivity contribution >= 4 is 28.8 Å². The molecule has 0 aromatic carbocycles. The number of carbonyl (C=O) groups is 3. The maximum Gasteiger partial charge on any atom is 0.288 e. The Labute approximate surface area is 104 Å². The van der Waals surface area contributed by atoms with E-state index in [4.69, 9.17) is 0 Å². The summed E-state index contributed by atoms with van der Waals surface area (Å²) in [7, 11) is 0. The van der Waals surface area contributed by atoms with Gasteiger partial charge in [0.1, 0.15) is 0 Å². The molecule has 6 heteroatoms. The summed E-state index contributed by atoms with van der Waals surface area (Å²) in [6.45, 7) is 0.663. The summed E-state index contributed by atoms with van der Waals surface area (Å²) in [4.78, 5) is 35.4. The van der Waals surface area contributed by atoms with E-state index < -0.39 is 0 Å². The highest BCUT2D eigenvalue weighted by molar-refractivity contribution is 8.14. The Morgan fingerprint density at radius 2 is 2.06 bits per heavy atom. The molecule has 5 nitrogen and oxygen atoms in total. The van der Waals surface area contributed by atoms with Crippen molar-refractivity contribution in [3.63, 3.8) is 0 Å². The minimum Gasteiger partial charge on any atom is -0.354 e. The highest BCUT2D eigenvalue weighted by Gasteiger charge is 2.29. The van der Waals surface area contributed by atoms with Gasteiger partial charge in [-0.2, -0.15) is 0 Å². The van der Waals surface area contributed by atoms with Crippen LogP contribution >= 0.6 is 11.8 Å². The van der Waals surface area contributed by atoms with Gasteiger partial charge in [-0.05, 0) is 12.8 Å². The van der Waals surface area contributed by atoms with E-state index in [9.17, 15) is 14.4 Å². The molecule has 1 aliphatic carbocycles. The summed E-state index contributed by atoms with van der Waals surface area (Å²) in [5.41, 5.74) is 0. The number of nitrogens with one attached hydrogen (secondary N) is 1. The van der Waals surface area contributed by atoms with Gasteiger partial charge in [0.25, 0.3) is 5.24 Å². The minimum atomic E-state index is -0.204. The van der Waals surface area contributed by atoms with Crippen LogP contribution in [0, 0.1) is 5.92 Å². The standard InChI is InChI=1S/C11H16N2O3S/c14-9-7-17-11(16)13(9)6-5-12-10(15)8-3-1-2-4-8/h8H,1-7H2,(H,12,15). The molecule has 0 unspecified atom stereocenters. The second kappa shape index (κ2) is 5.53. The van der Waals surface area contributed by atoms with Gasteiger partial charge >= 0.3 is 0 Å². The molecular weight excluding hydrogens is 240 g/mol. The van der Waals surface area contributed by atoms with Crippen molar-refractivity contribution in [1.29, 1.82) is 0 Å². The Kier molecular flexibility index (Phi) is 4.04. The average Bonchev–Trinajstić information content (AvgIpc) is 2.93. The molecule has 2 fully saturated rings. The largest absolute Gasteiger partial charge is 0.354 e. The summed E-state index contributed by atoms with van der Waals surface area (Å²) in [6.07, 6.45) is 4.17. The summed E-state index contributed by atoms with van der Waals surface area (Å²) in [5.74, 6) is 0.272. The van der Waals surface area contributed by atoms with Crippen molar-refractivity contribution < 1.29 is 14.4 Å². The van der Waals surface area contributed by atoms with Crippen LogP contribution in [0.15, 0.2) is 0 Å². The van der Waals surface area contributed by atoms with Gasteiger partial charge in [-0.25, -0.2) is 0 Å². The Bertz CT molecular complexity index is 324. The SMILES string of the molecule is O=C(NCCN1C(=O)CSC1=O)C1CCCC1. The molecule has 3 amide bonds. The third kappa shape index (κ3) is 3.00. The van der Waals surface area contributed by atoms with E-state index in [1.807, 2.05) is 0 Å². The van der Waals surface area contributed by atoms with E-state index in [2.05, 4.69) is 5.32 Å². The first-order valence-corrected chi connectivity index (χ1v) is 6.92. The summed E-state index contributed by atoms with van der Waals surface area (Å²) >= 11 is 1.02. The summed E-state index contributed by atoms with van der Waals surface area (Å²) in [5, 5.41) is 2.59. The van der Waals surface area contributed by atoms with E-state index in [1.165, 1.54) is 4.90 Å². The number of thioether (sulfide) groups is 1. The number of nitrogens with zero attached hydrogens (tertiary/aromatic N) is 1. The van der Waals surface area contributed by atoms with E-state index in [0.29, 0.717) is 13.1 Å².